The van der Waals surface area contributed by atoms with E-state index in [2.05, 4.69) is 5.32 Å². The van der Waals surface area contributed by atoms with Gasteiger partial charge in [0.15, 0.2) is 0 Å². The number of hydrogen-bond acceptors (Lipinski definition) is 5. The van der Waals surface area contributed by atoms with Gasteiger partial charge in [0.05, 0.1) is 10.6 Å². The Labute approximate surface area is 293 Å². The average molecular weight is 704 g/mol. The lowest BCUT2D eigenvalue weighted by Gasteiger charge is -2.35. The third kappa shape index (κ3) is 9.21. The number of rotatable bonds is 13. The van der Waals surface area contributed by atoms with E-state index in [1.165, 1.54) is 16.7 Å². The molecule has 0 aliphatic heterocycles. The second kappa shape index (κ2) is 16.5. The Bertz CT molecular complexity index is 1780. The molecule has 0 radical (unpaired) electrons. The standard InChI is InChI=1S/C38H42ClN3O4S2/c1-28-16-18-33(19-17-28)42(48(45,46)35-22-20-34(47-2)21-23-35)27-37(43)41(26-30-12-9-13-31(39)24-30)36(25-29-10-5-3-6-11-29)38(44)40-32-14-7-4-8-15-32/h3,5-6,9-13,16-24,32,36H,4,7-8,14-15,25-27H2,1-2H3,(H,40,44). The first kappa shape index (κ1) is 35.5. The second-order valence-electron chi connectivity index (χ2n) is 12.2. The first-order valence-corrected chi connectivity index (χ1v) is 19.3. The van der Waals surface area contributed by atoms with Crippen LogP contribution in [-0.4, -0.2) is 50.0 Å². The van der Waals surface area contributed by atoms with E-state index >= 15 is 0 Å². The molecule has 1 saturated carbocycles. The van der Waals surface area contributed by atoms with E-state index in [9.17, 15) is 18.0 Å². The molecular formula is C38H42ClN3O4S2. The van der Waals surface area contributed by atoms with Gasteiger partial charge in [-0.1, -0.05) is 91.0 Å². The van der Waals surface area contributed by atoms with Crippen molar-refractivity contribution in [3.63, 3.8) is 0 Å². The summed E-state index contributed by atoms with van der Waals surface area (Å²) in [5.74, 6) is -0.752. The number of carbonyl (C=O) groups excluding carboxylic acids is 2. The lowest BCUT2D eigenvalue weighted by atomic mass is 9.94. The molecule has 0 aromatic heterocycles. The average Bonchev–Trinajstić information content (AvgIpc) is 3.10. The smallest absolute Gasteiger partial charge is 0.264 e. The van der Waals surface area contributed by atoms with Crippen molar-refractivity contribution in [3.8, 4) is 0 Å². The van der Waals surface area contributed by atoms with Crippen LogP contribution in [0, 0.1) is 6.92 Å². The molecular weight excluding hydrogens is 662 g/mol. The van der Waals surface area contributed by atoms with Gasteiger partial charge in [-0.05, 0) is 85.7 Å². The molecule has 4 aromatic rings. The highest BCUT2D eigenvalue weighted by Crippen LogP contribution is 2.27. The summed E-state index contributed by atoms with van der Waals surface area (Å²) < 4.78 is 29.7. The summed E-state index contributed by atoms with van der Waals surface area (Å²) >= 11 is 7.88. The van der Waals surface area contributed by atoms with Gasteiger partial charge in [-0.2, -0.15) is 0 Å². The minimum absolute atomic E-state index is 0.0290. The molecule has 1 aliphatic rings. The highest BCUT2D eigenvalue weighted by atomic mass is 35.5. The van der Waals surface area contributed by atoms with E-state index in [0.717, 1.165) is 58.0 Å². The number of halogens is 1. The zero-order valence-corrected chi connectivity index (χ0v) is 29.7. The van der Waals surface area contributed by atoms with Crippen LogP contribution in [0.1, 0.15) is 48.8 Å². The van der Waals surface area contributed by atoms with Gasteiger partial charge in [-0.25, -0.2) is 8.42 Å². The molecule has 1 unspecified atom stereocenters. The number of sulfonamides is 1. The van der Waals surface area contributed by atoms with Crippen LogP contribution < -0.4 is 9.62 Å². The Morgan fingerprint density at radius 2 is 1.54 bits per heavy atom. The summed E-state index contributed by atoms with van der Waals surface area (Å²) in [4.78, 5) is 31.4. The van der Waals surface area contributed by atoms with Crippen molar-refractivity contribution in [2.45, 2.75) is 73.9 Å². The molecule has 1 fully saturated rings. The molecule has 48 heavy (non-hydrogen) atoms. The molecule has 0 heterocycles. The van der Waals surface area contributed by atoms with Crippen LogP contribution in [0.15, 0.2) is 113 Å². The largest absolute Gasteiger partial charge is 0.352 e. The Morgan fingerprint density at radius 3 is 2.19 bits per heavy atom. The van der Waals surface area contributed by atoms with Gasteiger partial charge in [0.2, 0.25) is 11.8 Å². The van der Waals surface area contributed by atoms with Crippen molar-refractivity contribution in [3.05, 3.63) is 125 Å². The lowest BCUT2D eigenvalue weighted by Crippen LogP contribution is -2.55. The van der Waals surface area contributed by atoms with Crippen LogP contribution in [0.5, 0.6) is 0 Å². The Kier molecular flexibility index (Phi) is 12.2. The fourth-order valence-electron chi connectivity index (χ4n) is 6.04. The summed E-state index contributed by atoms with van der Waals surface area (Å²) in [5, 5.41) is 3.74. The van der Waals surface area contributed by atoms with Crippen LogP contribution in [0.25, 0.3) is 0 Å². The molecule has 252 valence electrons. The van der Waals surface area contributed by atoms with Crippen LogP contribution in [0.3, 0.4) is 0 Å². The molecule has 4 aromatic carbocycles. The number of nitrogens with one attached hydrogen (secondary N) is 1. The van der Waals surface area contributed by atoms with E-state index in [1.807, 2.05) is 61.7 Å². The van der Waals surface area contributed by atoms with Gasteiger partial charge in [-0.15, -0.1) is 11.8 Å². The Hall–Kier alpha value is -3.79. The van der Waals surface area contributed by atoms with Gasteiger partial charge in [-0.3, -0.25) is 13.9 Å². The van der Waals surface area contributed by atoms with E-state index < -0.39 is 28.5 Å². The van der Waals surface area contributed by atoms with Crippen molar-refractivity contribution in [1.82, 2.24) is 10.2 Å². The molecule has 7 nitrogen and oxygen atoms in total. The summed E-state index contributed by atoms with van der Waals surface area (Å²) in [6.45, 7) is 1.48. The summed E-state index contributed by atoms with van der Waals surface area (Å²) in [5.41, 5.74) is 2.94. The van der Waals surface area contributed by atoms with E-state index in [-0.39, 0.29) is 29.8 Å². The fraction of sp³-hybridized carbons (Fsp3) is 0.316. The first-order chi connectivity index (χ1) is 23.1. The topological polar surface area (TPSA) is 86.8 Å². The third-order valence-corrected chi connectivity index (χ3v) is 11.5. The van der Waals surface area contributed by atoms with Crippen LogP contribution >= 0.6 is 23.4 Å². The minimum atomic E-state index is -4.17. The monoisotopic (exact) mass is 703 g/mol. The number of carbonyl (C=O) groups is 2. The van der Waals surface area contributed by atoms with Crippen molar-refractivity contribution in [2.75, 3.05) is 17.1 Å². The molecule has 1 N–H and O–H groups in total. The minimum Gasteiger partial charge on any atom is -0.352 e. The van der Waals surface area contributed by atoms with Gasteiger partial charge in [0, 0.05) is 28.9 Å². The number of amides is 2. The van der Waals surface area contributed by atoms with Crippen molar-refractivity contribution in [1.29, 1.82) is 0 Å². The predicted molar refractivity (Wildman–Crippen MR) is 195 cm³/mol. The van der Waals surface area contributed by atoms with Gasteiger partial charge in [0.25, 0.3) is 10.0 Å². The Morgan fingerprint density at radius 1 is 0.875 bits per heavy atom. The number of aryl methyl sites for hydroxylation is 1. The van der Waals surface area contributed by atoms with E-state index in [4.69, 9.17) is 11.6 Å². The van der Waals surface area contributed by atoms with Gasteiger partial charge >= 0.3 is 0 Å². The summed E-state index contributed by atoms with van der Waals surface area (Å²) in [6, 6.07) is 29.6. The summed E-state index contributed by atoms with van der Waals surface area (Å²) in [7, 11) is -4.17. The predicted octanol–water partition coefficient (Wildman–Crippen LogP) is 7.65. The normalized spacial score (nSPS) is 14.2. The number of nitrogens with zero attached hydrogens (tertiary/aromatic N) is 2. The van der Waals surface area contributed by atoms with Crippen molar-refractivity contribution >= 4 is 50.9 Å². The zero-order chi connectivity index (χ0) is 34.1. The molecule has 1 aliphatic carbocycles. The lowest BCUT2D eigenvalue weighted by molar-refractivity contribution is -0.140. The van der Waals surface area contributed by atoms with E-state index in [0.29, 0.717) is 10.7 Å². The maximum Gasteiger partial charge on any atom is 0.264 e. The van der Waals surface area contributed by atoms with Crippen LogP contribution in [0.4, 0.5) is 5.69 Å². The fourth-order valence-corrected chi connectivity index (χ4v) is 8.08. The molecule has 5 rings (SSSR count). The highest BCUT2D eigenvalue weighted by molar-refractivity contribution is 7.98. The van der Waals surface area contributed by atoms with E-state index in [1.54, 1.807) is 54.6 Å². The number of thioether (sulfide) groups is 1. The number of hydrogen-bond donors (Lipinski definition) is 1. The zero-order valence-electron chi connectivity index (χ0n) is 27.3. The maximum absolute atomic E-state index is 14.7. The van der Waals surface area contributed by atoms with Gasteiger partial charge in [0.1, 0.15) is 12.6 Å². The third-order valence-electron chi connectivity index (χ3n) is 8.71. The van der Waals surface area contributed by atoms with Crippen molar-refractivity contribution < 1.29 is 18.0 Å². The Balaban J connectivity index is 1.56. The summed E-state index contributed by atoms with van der Waals surface area (Å²) in [6.07, 6.45) is 7.19. The molecule has 1 atom stereocenters. The van der Waals surface area contributed by atoms with Crippen LogP contribution in [-0.2, 0) is 32.6 Å². The molecule has 2 amide bonds. The SMILES string of the molecule is CSc1ccc(S(=O)(=O)N(CC(=O)N(Cc2cccc(Cl)c2)C(Cc2ccccc2)C(=O)NC2CCCCC2)c2ccc(C)cc2)cc1. The molecule has 10 heteroatoms. The molecule has 0 saturated heterocycles. The highest BCUT2D eigenvalue weighted by Gasteiger charge is 2.35. The van der Waals surface area contributed by atoms with Crippen LogP contribution in [0.2, 0.25) is 5.02 Å². The number of anilines is 1. The van der Waals surface area contributed by atoms with Crippen molar-refractivity contribution in [2.24, 2.45) is 0 Å². The second-order valence-corrected chi connectivity index (χ2v) is 15.4. The molecule has 0 bridgehead atoms. The molecule has 0 spiro atoms. The number of benzene rings is 4. The first-order valence-electron chi connectivity index (χ1n) is 16.3. The maximum atomic E-state index is 14.7. The van der Waals surface area contributed by atoms with Gasteiger partial charge < -0.3 is 10.2 Å². The quantitative estimate of drug-likeness (QED) is 0.145.